The molecule has 1 heterocycles. The predicted octanol–water partition coefficient (Wildman–Crippen LogP) is 15.5. The van der Waals surface area contributed by atoms with E-state index in [1.54, 1.807) is 0 Å². The summed E-state index contributed by atoms with van der Waals surface area (Å²) in [5, 5.41) is 4.63. The Kier molecular flexibility index (Phi) is 7.55. The van der Waals surface area contributed by atoms with Gasteiger partial charge in [0.05, 0.1) is 11.4 Å². The molecule has 0 radical (unpaired) electrons. The van der Waals surface area contributed by atoms with E-state index in [9.17, 15) is 0 Å². The van der Waals surface area contributed by atoms with Gasteiger partial charge in [0, 0.05) is 38.6 Å². The molecule has 9 aromatic carbocycles. The molecule has 10 aromatic rings. The molecule has 2 nitrogen and oxygen atoms in total. The van der Waals surface area contributed by atoms with Crippen LogP contribution in [0.4, 0.5) is 17.1 Å². The third-order valence-corrected chi connectivity index (χ3v) is 12.1. The molecule has 0 bridgehead atoms. The van der Waals surface area contributed by atoms with Gasteiger partial charge in [0.1, 0.15) is 11.2 Å². The zero-order valence-corrected chi connectivity index (χ0v) is 31.9. The molecule has 0 atom stereocenters. The van der Waals surface area contributed by atoms with Gasteiger partial charge in [0.15, 0.2) is 0 Å². The summed E-state index contributed by atoms with van der Waals surface area (Å²) in [5.41, 5.74) is 17.2. The molecule has 11 rings (SSSR count). The van der Waals surface area contributed by atoms with Crippen LogP contribution in [0.2, 0.25) is 0 Å². The Bertz CT molecular complexity index is 3150. The first-order valence-electron chi connectivity index (χ1n) is 19.8. The Balaban J connectivity index is 1.12. The van der Waals surface area contributed by atoms with Crippen molar-refractivity contribution in [2.45, 2.75) is 19.3 Å². The lowest BCUT2D eigenvalue weighted by molar-refractivity contribution is 0.660. The van der Waals surface area contributed by atoms with Crippen molar-refractivity contribution in [3.8, 4) is 44.5 Å². The van der Waals surface area contributed by atoms with Crippen molar-refractivity contribution >= 4 is 49.8 Å². The van der Waals surface area contributed by atoms with Gasteiger partial charge < -0.3 is 9.32 Å². The molecule has 57 heavy (non-hydrogen) atoms. The van der Waals surface area contributed by atoms with Gasteiger partial charge >= 0.3 is 0 Å². The summed E-state index contributed by atoms with van der Waals surface area (Å²) in [6, 6.07) is 72.6. The molecule has 1 aliphatic carbocycles. The second-order valence-electron chi connectivity index (χ2n) is 15.7. The maximum Gasteiger partial charge on any atom is 0.143 e. The minimum absolute atomic E-state index is 0.135. The van der Waals surface area contributed by atoms with Crippen LogP contribution in [-0.4, -0.2) is 0 Å². The third kappa shape index (κ3) is 5.33. The number of rotatable bonds is 6. The number of para-hydroxylation sites is 2. The molecule has 1 aromatic heterocycles. The van der Waals surface area contributed by atoms with E-state index in [4.69, 9.17) is 4.42 Å². The van der Waals surface area contributed by atoms with Gasteiger partial charge in [0.25, 0.3) is 0 Å². The van der Waals surface area contributed by atoms with Crippen LogP contribution in [0, 0.1) is 0 Å². The van der Waals surface area contributed by atoms with E-state index in [1.807, 2.05) is 0 Å². The lowest BCUT2D eigenvalue weighted by Gasteiger charge is -2.30. The van der Waals surface area contributed by atoms with Crippen molar-refractivity contribution in [1.29, 1.82) is 0 Å². The zero-order chi connectivity index (χ0) is 38.1. The van der Waals surface area contributed by atoms with Crippen molar-refractivity contribution < 1.29 is 4.42 Å². The van der Waals surface area contributed by atoms with E-state index < -0.39 is 0 Å². The highest BCUT2D eigenvalue weighted by atomic mass is 16.3. The molecular weight excluding hydrogens is 691 g/mol. The number of furan rings is 1. The zero-order valence-electron chi connectivity index (χ0n) is 31.9. The largest absolute Gasteiger partial charge is 0.455 e. The van der Waals surface area contributed by atoms with Crippen molar-refractivity contribution in [2.75, 3.05) is 4.90 Å². The van der Waals surface area contributed by atoms with Crippen LogP contribution >= 0.6 is 0 Å². The molecule has 270 valence electrons. The second kappa shape index (κ2) is 13.0. The lowest BCUT2D eigenvalue weighted by atomic mass is 9.82. The molecule has 0 amide bonds. The summed E-state index contributed by atoms with van der Waals surface area (Å²) in [6.07, 6.45) is 0. The van der Waals surface area contributed by atoms with Crippen LogP contribution in [-0.2, 0) is 5.41 Å². The van der Waals surface area contributed by atoms with Gasteiger partial charge in [-0.2, -0.15) is 0 Å². The van der Waals surface area contributed by atoms with Crippen molar-refractivity contribution in [2.24, 2.45) is 0 Å². The molecule has 0 N–H and O–H groups in total. The molecule has 0 unspecified atom stereocenters. The Morgan fingerprint density at radius 3 is 1.79 bits per heavy atom. The number of nitrogens with zero attached hydrogens (tertiary/aromatic N) is 1. The van der Waals surface area contributed by atoms with Gasteiger partial charge in [0.2, 0.25) is 0 Å². The Morgan fingerprint density at radius 2 is 0.982 bits per heavy atom. The van der Waals surface area contributed by atoms with Gasteiger partial charge in [-0.3, -0.25) is 0 Å². The van der Waals surface area contributed by atoms with Crippen molar-refractivity contribution in [3.63, 3.8) is 0 Å². The van der Waals surface area contributed by atoms with Gasteiger partial charge in [-0.05, 0) is 92.2 Å². The molecule has 2 heteroatoms. The molecule has 0 saturated heterocycles. The first kappa shape index (κ1) is 33.2. The van der Waals surface area contributed by atoms with Crippen LogP contribution in [0.25, 0.3) is 77.2 Å². The molecular formula is C55H39NO. The van der Waals surface area contributed by atoms with E-state index in [0.717, 1.165) is 50.1 Å². The van der Waals surface area contributed by atoms with Crippen LogP contribution in [0.5, 0.6) is 0 Å². The van der Waals surface area contributed by atoms with E-state index in [2.05, 4.69) is 219 Å². The molecule has 1 aliphatic rings. The van der Waals surface area contributed by atoms with E-state index in [0.29, 0.717) is 0 Å². The van der Waals surface area contributed by atoms with Crippen LogP contribution < -0.4 is 4.90 Å². The fraction of sp³-hybridized carbons (Fsp3) is 0.0545. The smallest absolute Gasteiger partial charge is 0.143 e. The summed E-state index contributed by atoms with van der Waals surface area (Å²) in [4.78, 5) is 2.46. The Hall–Kier alpha value is -7.16. The minimum atomic E-state index is -0.135. The highest BCUT2D eigenvalue weighted by Crippen LogP contribution is 2.55. The number of hydrogen-bond acceptors (Lipinski definition) is 2. The lowest BCUT2D eigenvalue weighted by Crippen LogP contribution is -2.16. The summed E-state index contributed by atoms with van der Waals surface area (Å²) >= 11 is 0. The average molecular weight is 730 g/mol. The number of benzene rings is 9. The maximum absolute atomic E-state index is 6.83. The number of anilines is 3. The molecule has 0 spiro atoms. The Morgan fingerprint density at radius 1 is 0.404 bits per heavy atom. The quantitative estimate of drug-likeness (QED) is 0.169. The van der Waals surface area contributed by atoms with Crippen molar-refractivity contribution in [3.05, 3.63) is 211 Å². The van der Waals surface area contributed by atoms with Crippen LogP contribution in [0.3, 0.4) is 0 Å². The summed E-state index contributed by atoms with van der Waals surface area (Å²) in [6.45, 7) is 4.70. The predicted molar refractivity (Wildman–Crippen MR) is 240 cm³/mol. The first-order chi connectivity index (χ1) is 28.0. The fourth-order valence-electron chi connectivity index (χ4n) is 9.23. The maximum atomic E-state index is 6.83. The molecule has 0 saturated carbocycles. The third-order valence-electron chi connectivity index (χ3n) is 12.1. The van der Waals surface area contributed by atoms with Crippen LogP contribution in [0.15, 0.2) is 205 Å². The van der Waals surface area contributed by atoms with E-state index >= 15 is 0 Å². The highest BCUT2D eigenvalue weighted by molar-refractivity contribution is 6.14. The van der Waals surface area contributed by atoms with Gasteiger partial charge in [-0.15, -0.1) is 0 Å². The summed E-state index contributed by atoms with van der Waals surface area (Å²) < 4.78 is 6.83. The fourth-order valence-corrected chi connectivity index (χ4v) is 9.23. The second-order valence-corrected chi connectivity index (χ2v) is 15.7. The topological polar surface area (TPSA) is 16.4 Å². The first-order valence-corrected chi connectivity index (χ1v) is 19.8. The van der Waals surface area contributed by atoms with Crippen LogP contribution in [0.1, 0.15) is 25.0 Å². The Labute approximate surface area is 332 Å². The highest BCUT2D eigenvalue weighted by Gasteiger charge is 2.38. The number of fused-ring (bicyclic) bond motifs is 7. The SMILES string of the molecule is CC1(C)c2ccccc2-c2c(N(c3ccc(-c4cccc(-c5ccccc5)c4)cc3)c3ccccc3-c3cccc4c3oc3cc5ccccc5cc34)cccc21. The van der Waals surface area contributed by atoms with Gasteiger partial charge in [-0.25, -0.2) is 0 Å². The summed E-state index contributed by atoms with van der Waals surface area (Å²) in [5.74, 6) is 0. The molecule has 0 aliphatic heterocycles. The monoisotopic (exact) mass is 729 g/mol. The minimum Gasteiger partial charge on any atom is -0.455 e. The number of hydrogen-bond donors (Lipinski definition) is 0. The van der Waals surface area contributed by atoms with E-state index in [-0.39, 0.29) is 5.41 Å². The normalized spacial score (nSPS) is 12.9. The standard InChI is InChI=1S/C55H39NO/c1-55(2)48-25-10-8-22-46(48)53-49(55)26-14-28-51(53)56(42-31-29-37(30-32-42)39-20-12-19-38(33-39)36-15-4-3-5-16-36)50-27-11-9-21-43(50)44-23-13-24-45-47-34-40-17-6-7-18-41(40)35-52(47)57-54(44)45/h3-35H,1-2H3. The van der Waals surface area contributed by atoms with Crippen molar-refractivity contribution in [1.82, 2.24) is 0 Å². The molecule has 0 fully saturated rings. The van der Waals surface area contributed by atoms with E-state index in [1.165, 1.54) is 55.3 Å². The average Bonchev–Trinajstić information content (AvgIpc) is 3.75. The van der Waals surface area contributed by atoms with Gasteiger partial charge in [-0.1, -0.05) is 172 Å². The summed E-state index contributed by atoms with van der Waals surface area (Å²) in [7, 11) is 0.